The second-order valence-electron chi connectivity index (χ2n) is 3.26. The lowest BCUT2D eigenvalue weighted by molar-refractivity contribution is -0.386. The number of hydrogen-bond acceptors (Lipinski definition) is 3. The van der Waals surface area contributed by atoms with Gasteiger partial charge in [0.05, 0.1) is 10.5 Å². The summed E-state index contributed by atoms with van der Waals surface area (Å²) in [5.41, 5.74) is 2.98. The van der Waals surface area contributed by atoms with Gasteiger partial charge in [-0.1, -0.05) is 6.07 Å². The number of benzene rings is 1. The molecule has 94 valence electrons. The quantitative estimate of drug-likeness (QED) is 0.510. The van der Waals surface area contributed by atoms with Gasteiger partial charge in [-0.25, -0.2) is 4.39 Å². The standard InChI is InChI=1S/C9H8F4N2O2/c10-6-2-1-3-7(15(16)17)8(6)5(4-14)9(11,12)13/h1-3,5H,4,14H2. The third-order valence-corrected chi connectivity index (χ3v) is 2.21. The first-order valence-electron chi connectivity index (χ1n) is 4.48. The fourth-order valence-electron chi connectivity index (χ4n) is 1.44. The van der Waals surface area contributed by atoms with Crippen LogP contribution in [0.2, 0.25) is 0 Å². The minimum atomic E-state index is -4.83. The van der Waals surface area contributed by atoms with E-state index in [9.17, 15) is 27.7 Å². The third-order valence-electron chi connectivity index (χ3n) is 2.21. The van der Waals surface area contributed by atoms with Crippen LogP contribution < -0.4 is 5.73 Å². The van der Waals surface area contributed by atoms with Crippen molar-refractivity contribution < 1.29 is 22.5 Å². The first kappa shape index (κ1) is 13.4. The molecule has 1 aromatic rings. The average Bonchev–Trinajstić information content (AvgIpc) is 2.19. The van der Waals surface area contributed by atoms with E-state index in [4.69, 9.17) is 5.73 Å². The highest BCUT2D eigenvalue weighted by Gasteiger charge is 2.44. The molecule has 1 atom stereocenters. The molecule has 1 unspecified atom stereocenters. The van der Waals surface area contributed by atoms with Crippen LogP contribution in [-0.2, 0) is 0 Å². The topological polar surface area (TPSA) is 69.2 Å². The SMILES string of the molecule is NCC(c1c(F)cccc1[N+](=O)[O-])C(F)(F)F. The molecule has 0 fully saturated rings. The van der Waals surface area contributed by atoms with Gasteiger partial charge in [0, 0.05) is 12.6 Å². The number of nitrogens with zero attached hydrogens (tertiary/aromatic N) is 1. The average molecular weight is 252 g/mol. The largest absolute Gasteiger partial charge is 0.397 e. The van der Waals surface area contributed by atoms with E-state index in [1.807, 2.05) is 0 Å². The number of hydrogen-bond donors (Lipinski definition) is 1. The van der Waals surface area contributed by atoms with Crippen LogP contribution in [-0.4, -0.2) is 17.6 Å². The Hall–Kier alpha value is -1.70. The molecule has 1 aromatic carbocycles. The molecule has 0 spiro atoms. The van der Waals surface area contributed by atoms with Gasteiger partial charge in [0.15, 0.2) is 0 Å². The van der Waals surface area contributed by atoms with Crippen molar-refractivity contribution in [2.75, 3.05) is 6.54 Å². The van der Waals surface area contributed by atoms with Gasteiger partial charge >= 0.3 is 6.18 Å². The number of halogens is 4. The van der Waals surface area contributed by atoms with Crippen LogP contribution in [0.1, 0.15) is 11.5 Å². The number of rotatable bonds is 3. The lowest BCUT2D eigenvalue weighted by Gasteiger charge is -2.19. The zero-order chi connectivity index (χ0) is 13.2. The van der Waals surface area contributed by atoms with Crippen molar-refractivity contribution in [2.45, 2.75) is 12.1 Å². The van der Waals surface area contributed by atoms with Crippen LogP contribution in [0, 0.1) is 15.9 Å². The molecule has 0 heterocycles. The van der Waals surface area contributed by atoms with Crippen molar-refractivity contribution in [1.29, 1.82) is 0 Å². The first-order valence-corrected chi connectivity index (χ1v) is 4.48. The highest BCUT2D eigenvalue weighted by Crippen LogP contribution is 2.39. The van der Waals surface area contributed by atoms with E-state index in [1.165, 1.54) is 0 Å². The molecule has 0 saturated carbocycles. The van der Waals surface area contributed by atoms with Crippen molar-refractivity contribution in [3.63, 3.8) is 0 Å². The summed E-state index contributed by atoms with van der Waals surface area (Å²) in [5, 5.41) is 10.6. The second kappa shape index (κ2) is 4.66. The molecule has 0 aliphatic rings. The Kier molecular flexibility index (Phi) is 3.66. The Morgan fingerprint density at radius 3 is 2.41 bits per heavy atom. The van der Waals surface area contributed by atoms with Gasteiger partial charge in [0.2, 0.25) is 0 Å². The van der Waals surface area contributed by atoms with E-state index >= 15 is 0 Å². The Balaban J connectivity index is 3.42. The maximum atomic E-state index is 13.3. The maximum absolute atomic E-state index is 13.3. The molecular formula is C9H8F4N2O2. The fraction of sp³-hybridized carbons (Fsp3) is 0.333. The summed E-state index contributed by atoms with van der Waals surface area (Å²) in [5.74, 6) is -3.67. The fourth-order valence-corrected chi connectivity index (χ4v) is 1.44. The van der Waals surface area contributed by atoms with Crippen LogP contribution in [0.3, 0.4) is 0 Å². The number of nitro groups is 1. The van der Waals surface area contributed by atoms with E-state index < -0.39 is 40.6 Å². The van der Waals surface area contributed by atoms with Gasteiger partial charge in [-0.15, -0.1) is 0 Å². The van der Waals surface area contributed by atoms with E-state index in [2.05, 4.69) is 0 Å². The zero-order valence-corrected chi connectivity index (χ0v) is 8.37. The lowest BCUT2D eigenvalue weighted by Crippen LogP contribution is -2.29. The molecule has 2 N–H and O–H groups in total. The highest BCUT2D eigenvalue weighted by molar-refractivity contribution is 5.44. The molecule has 17 heavy (non-hydrogen) atoms. The highest BCUT2D eigenvalue weighted by atomic mass is 19.4. The molecule has 0 aliphatic heterocycles. The molecule has 4 nitrogen and oxygen atoms in total. The Morgan fingerprint density at radius 2 is 2.00 bits per heavy atom. The summed E-state index contributed by atoms with van der Waals surface area (Å²) in [4.78, 5) is 9.49. The van der Waals surface area contributed by atoms with Crippen molar-refractivity contribution in [1.82, 2.24) is 0 Å². The minimum Gasteiger partial charge on any atom is -0.330 e. The molecule has 0 radical (unpaired) electrons. The van der Waals surface area contributed by atoms with Crippen molar-refractivity contribution in [3.05, 3.63) is 39.7 Å². The summed E-state index contributed by atoms with van der Waals surface area (Å²) in [6.45, 7) is -0.953. The van der Waals surface area contributed by atoms with Crippen molar-refractivity contribution >= 4 is 5.69 Å². The first-order chi connectivity index (χ1) is 7.79. The summed E-state index contributed by atoms with van der Waals surface area (Å²) in [7, 11) is 0. The monoisotopic (exact) mass is 252 g/mol. The molecule has 1 rings (SSSR count). The van der Waals surface area contributed by atoms with Gasteiger partial charge in [0.1, 0.15) is 11.7 Å². The molecule has 0 saturated heterocycles. The Morgan fingerprint density at radius 1 is 1.41 bits per heavy atom. The van der Waals surface area contributed by atoms with Gasteiger partial charge in [-0.05, 0) is 6.07 Å². The summed E-state index contributed by atoms with van der Waals surface area (Å²) in [6.07, 6.45) is -4.83. The molecule has 0 aliphatic carbocycles. The molecule has 0 aromatic heterocycles. The number of nitro benzene ring substituents is 1. The predicted molar refractivity (Wildman–Crippen MR) is 50.9 cm³/mol. The molecule has 0 bridgehead atoms. The molecule has 8 heteroatoms. The number of alkyl halides is 3. The second-order valence-corrected chi connectivity index (χ2v) is 3.26. The van der Waals surface area contributed by atoms with E-state index in [0.717, 1.165) is 18.2 Å². The van der Waals surface area contributed by atoms with E-state index in [1.54, 1.807) is 0 Å². The normalized spacial score (nSPS) is 13.5. The van der Waals surface area contributed by atoms with Crippen LogP contribution in [0.5, 0.6) is 0 Å². The van der Waals surface area contributed by atoms with Gasteiger partial charge < -0.3 is 5.73 Å². The summed E-state index contributed by atoms with van der Waals surface area (Å²) in [6, 6.07) is 2.52. The van der Waals surface area contributed by atoms with Gasteiger partial charge in [-0.3, -0.25) is 10.1 Å². The smallest absolute Gasteiger partial charge is 0.330 e. The number of nitrogens with two attached hydrogens (primary N) is 1. The van der Waals surface area contributed by atoms with Crippen LogP contribution >= 0.6 is 0 Å². The van der Waals surface area contributed by atoms with E-state index in [-0.39, 0.29) is 0 Å². The van der Waals surface area contributed by atoms with Crippen LogP contribution in [0.4, 0.5) is 23.2 Å². The van der Waals surface area contributed by atoms with Crippen LogP contribution in [0.25, 0.3) is 0 Å². The predicted octanol–water partition coefficient (Wildman–Crippen LogP) is 2.34. The van der Waals surface area contributed by atoms with Crippen molar-refractivity contribution in [2.24, 2.45) is 5.73 Å². The molecule has 0 amide bonds. The zero-order valence-electron chi connectivity index (χ0n) is 8.37. The third kappa shape index (κ3) is 2.70. The van der Waals surface area contributed by atoms with Crippen molar-refractivity contribution in [3.8, 4) is 0 Å². The Labute approximate surface area is 93.2 Å². The lowest BCUT2D eigenvalue weighted by atomic mass is 9.96. The Bertz CT molecular complexity index is 433. The van der Waals surface area contributed by atoms with E-state index in [0.29, 0.717) is 0 Å². The molecular weight excluding hydrogens is 244 g/mol. The summed E-state index contributed by atoms with van der Waals surface area (Å²) >= 11 is 0. The maximum Gasteiger partial charge on any atom is 0.397 e. The van der Waals surface area contributed by atoms with Gasteiger partial charge in [0.25, 0.3) is 5.69 Å². The van der Waals surface area contributed by atoms with Crippen LogP contribution in [0.15, 0.2) is 18.2 Å². The minimum absolute atomic E-state index is 0.733. The van der Waals surface area contributed by atoms with Gasteiger partial charge in [-0.2, -0.15) is 13.2 Å². The summed E-state index contributed by atoms with van der Waals surface area (Å²) < 4.78 is 51.0.